The van der Waals surface area contributed by atoms with E-state index in [0.29, 0.717) is 23.5 Å². The topological polar surface area (TPSA) is 60.4 Å². The average Bonchev–Trinajstić information content (AvgIpc) is 2.47. The van der Waals surface area contributed by atoms with E-state index in [4.69, 9.17) is 4.74 Å². The molecule has 2 aromatic rings. The molecule has 0 aliphatic rings. The predicted octanol–water partition coefficient (Wildman–Crippen LogP) is 3.48. The highest BCUT2D eigenvalue weighted by molar-refractivity contribution is 7.90. The molecule has 0 atom stereocenters. The van der Waals surface area contributed by atoms with Crippen LogP contribution in [-0.2, 0) is 9.84 Å². The first-order valence-electron chi connectivity index (χ1n) is 6.51. The molecule has 2 aromatic carbocycles. The van der Waals surface area contributed by atoms with Gasteiger partial charge in [-0.2, -0.15) is 0 Å². The SMILES string of the molecule is CCC(=O)c1ccc(Oc2ccc(S(C)(=O)=O)cc2)cc1. The summed E-state index contributed by atoms with van der Waals surface area (Å²) < 4.78 is 28.3. The molecule has 0 fully saturated rings. The molecule has 0 saturated heterocycles. The fourth-order valence-electron chi connectivity index (χ4n) is 1.80. The highest BCUT2D eigenvalue weighted by Gasteiger charge is 2.07. The van der Waals surface area contributed by atoms with Crippen LogP contribution in [0.2, 0.25) is 0 Å². The maximum atomic E-state index is 11.5. The Bertz CT molecular complexity index is 729. The summed E-state index contributed by atoms with van der Waals surface area (Å²) in [5.41, 5.74) is 0.650. The first-order chi connectivity index (χ1) is 9.90. The van der Waals surface area contributed by atoms with Crippen LogP contribution in [0.4, 0.5) is 0 Å². The molecular weight excluding hydrogens is 288 g/mol. The summed E-state index contributed by atoms with van der Waals surface area (Å²) in [5.74, 6) is 1.21. The van der Waals surface area contributed by atoms with Crippen molar-refractivity contribution in [1.29, 1.82) is 0 Å². The van der Waals surface area contributed by atoms with Crippen molar-refractivity contribution in [3.63, 3.8) is 0 Å². The van der Waals surface area contributed by atoms with Crippen LogP contribution in [0.15, 0.2) is 53.4 Å². The lowest BCUT2D eigenvalue weighted by atomic mass is 10.1. The third-order valence-electron chi connectivity index (χ3n) is 2.98. The lowest BCUT2D eigenvalue weighted by Gasteiger charge is -2.07. The fraction of sp³-hybridized carbons (Fsp3) is 0.188. The molecule has 0 radical (unpaired) electrons. The van der Waals surface area contributed by atoms with E-state index in [0.717, 1.165) is 6.26 Å². The zero-order chi connectivity index (χ0) is 15.5. The summed E-state index contributed by atoms with van der Waals surface area (Å²) in [4.78, 5) is 11.8. The number of ether oxygens (including phenoxy) is 1. The monoisotopic (exact) mass is 304 g/mol. The molecule has 0 aliphatic heterocycles. The molecule has 2 rings (SSSR count). The van der Waals surface area contributed by atoms with Crippen molar-refractivity contribution >= 4 is 15.6 Å². The summed E-state index contributed by atoms with van der Waals surface area (Å²) >= 11 is 0. The normalized spacial score (nSPS) is 11.1. The minimum absolute atomic E-state index is 0.0825. The summed E-state index contributed by atoms with van der Waals surface area (Å²) in [6, 6.07) is 13.1. The van der Waals surface area contributed by atoms with Crippen molar-refractivity contribution in [3.05, 3.63) is 54.1 Å². The zero-order valence-corrected chi connectivity index (χ0v) is 12.7. The maximum absolute atomic E-state index is 11.5. The fourth-order valence-corrected chi connectivity index (χ4v) is 2.43. The number of benzene rings is 2. The molecule has 0 saturated carbocycles. The standard InChI is InChI=1S/C16H16O4S/c1-3-16(17)12-4-6-13(7-5-12)20-14-8-10-15(11-9-14)21(2,18)19/h4-11H,3H2,1-2H3. The van der Waals surface area contributed by atoms with Gasteiger partial charge in [-0.3, -0.25) is 4.79 Å². The van der Waals surface area contributed by atoms with Crippen molar-refractivity contribution in [2.24, 2.45) is 0 Å². The van der Waals surface area contributed by atoms with Crippen LogP contribution < -0.4 is 4.74 Å². The number of carbonyl (C=O) groups excluding carboxylic acids is 1. The summed E-state index contributed by atoms with van der Waals surface area (Å²) in [6.07, 6.45) is 1.62. The van der Waals surface area contributed by atoms with Gasteiger partial charge in [0.2, 0.25) is 0 Å². The highest BCUT2D eigenvalue weighted by Crippen LogP contribution is 2.23. The quantitative estimate of drug-likeness (QED) is 0.793. The number of rotatable bonds is 5. The van der Waals surface area contributed by atoms with Crippen molar-refractivity contribution in [2.75, 3.05) is 6.26 Å². The van der Waals surface area contributed by atoms with Crippen LogP contribution in [0, 0.1) is 0 Å². The molecule has 110 valence electrons. The Morgan fingerprint density at radius 2 is 1.43 bits per heavy atom. The highest BCUT2D eigenvalue weighted by atomic mass is 32.2. The Hall–Kier alpha value is -2.14. The molecular formula is C16H16O4S. The van der Waals surface area contributed by atoms with E-state index in [-0.39, 0.29) is 10.7 Å². The lowest BCUT2D eigenvalue weighted by molar-refractivity contribution is 0.0988. The number of hydrogen-bond acceptors (Lipinski definition) is 4. The molecule has 0 heterocycles. The Morgan fingerprint density at radius 1 is 0.952 bits per heavy atom. The van der Waals surface area contributed by atoms with Gasteiger partial charge in [-0.25, -0.2) is 8.42 Å². The van der Waals surface area contributed by atoms with Gasteiger partial charge in [0.1, 0.15) is 11.5 Å². The van der Waals surface area contributed by atoms with Gasteiger partial charge < -0.3 is 4.74 Å². The molecule has 4 nitrogen and oxygen atoms in total. The maximum Gasteiger partial charge on any atom is 0.175 e. The van der Waals surface area contributed by atoms with Gasteiger partial charge in [0.25, 0.3) is 0 Å². The predicted molar refractivity (Wildman–Crippen MR) is 80.7 cm³/mol. The van der Waals surface area contributed by atoms with E-state index >= 15 is 0 Å². The Balaban J connectivity index is 2.13. The van der Waals surface area contributed by atoms with Gasteiger partial charge >= 0.3 is 0 Å². The van der Waals surface area contributed by atoms with Gasteiger partial charge in [-0.1, -0.05) is 6.92 Å². The van der Waals surface area contributed by atoms with Crippen LogP contribution in [0.1, 0.15) is 23.7 Å². The number of carbonyl (C=O) groups is 1. The lowest BCUT2D eigenvalue weighted by Crippen LogP contribution is -1.97. The molecule has 0 unspecified atom stereocenters. The molecule has 0 bridgehead atoms. The molecule has 0 spiro atoms. The van der Waals surface area contributed by atoms with Crippen LogP contribution in [-0.4, -0.2) is 20.5 Å². The van der Waals surface area contributed by atoms with E-state index < -0.39 is 9.84 Å². The first kappa shape index (κ1) is 15.3. The van der Waals surface area contributed by atoms with Gasteiger partial charge in [-0.15, -0.1) is 0 Å². The summed E-state index contributed by atoms with van der Waals surface area (Å²) in [5, 5.41) is 0. The van der Waals surface area contributed by atoms with E-state index in [1.54, 1.807) is 36.4 Å². The molecule has 0 aromatic heterocycles. The van der Waals surface area contributed by atoms with Gasteiger partial charge in [0.05, 0.1) is 4.90 Å². The largest absolute Gasteiger partial charge is 0.457 e. The minimum atomic E-state index is -3.20. The van der Waals surface area contributed by atoms with Crippen molar-refractivity contribution in [1.82, 2.24) is 0 Å². The van der Waals surface area contributed by atoms with Crippen molar-refractivity contribution in [3.8, 4) is 11.5 Å². The number of ketones is 1. The summed E-state index contributed by atoms with van der Waals surface area (Å²) in [7, 11) is -3.20. The van der Waals surface area contributed by atoms with Crippen LogP contribution in [0.5, 0.6) is 11.5 Å². The van der Waals surface area contributed by atoms with Crippen LogP contribution in [0.3, 0.4) is 0 Å². The second-order valence-corrected chi connectivity index (χ2v) is 6.66. The third kappa shape index (κ3) is 3.92. The minimum Gasteiger partial charge on any atom is -0.457 e. The number of hydrogen-bond donors (Lipinski definition) is 0. The van der Waals surface area contributed by atoms with Gasteiger partial charge in [-0.05, 0) is 48.5 Å². The molecule has 0 amide bonds. The van der Waals surface area contributed by atoms with E-state index in [2.05, 4.69) is 0 Å². The van der Waals surface area contributed by atoms with Gasteiger partial charge in [0, 0.05) is 18.2 Å². The van der Waals surface area contributed by atoms with Gasteiger partial charge in [0.15, 0.2) is 15.6 Å². The van der Waals surface area contributed by atoms with Crippen LogP contribution in [0.25, 0.3) is 0 Å². The Kier molecular flexibility index (Phi) is 4.43. The van der Waals surface area contributed by atoms with E-state index in [9.17, 15) is 13.2 Å². The Morgan fingerprint density at radius 3 is 1.86 bits per heavy atom. The van der Waals surface area contributed by atoms with Crippen molar-refractivity contribution < 1.29 is 17.9 Å². The third-order valence-corrected chi connectivity index (χ3v) is 4.11. The molecule has 5 heteroatoms. The first-order valence-corrected chi connectivity index (χ1v) is 8.40. The Labute approximate surface area is 124 Å². The number of sulfone groups is 1. The second kappa shape index (κ2) is 6.10. The molecule has 0 N–H and O–H groups in total. The van der Waals surface area contributed by atoms with E-state index in [1.165, 1.54) is 12.1 Å². The average molecular weight is 304 g/mol. The second-order valence-electron chi connectivity index (χ2n) is 4.65. The smallest absolute Gasteiger partial charge is 0.175 e. The molecule has 21 heavy (non-hydrogen) atoms. The number of Topliss-reactive ketones (excluding diaryl/α,β-unsaturated/α-hetero) is 1. The molecule has 0 aliphatic carbocycles. The van der Waals surface area contributed by atoms with Crippen molar-refractivity contribution in [2.45, 2.75) is 18.2 Å². The zero-order valence-electron chi connectivity index (χ0n) is 11.9. The summed E-state index contributed by atoms with van der Waals surface area (Å²) in [6.45, 7) is 1.82. The van der Waals surface area contributed by atoms with Crippen LogP contribution >= 0.6 is 0 Å². The van der Waals surface area contributed by atoms with E-state index in [1.807, 2.05) is 6.92 Å².